The Morgan fingerprint density at radius 1 is 1.40 bits per heavy atom. The van der Waals surface area contributed by atoms with Gasteiger partial charge in [0.25, 0.3) is 0 Å². The standard InChI is InChI=1S/C14H24N4O2/c1-13(2,3)10(9-11(19)20)18-12(15-16-17-18)14(4)7-5-6-8-14/h10H,5-9H2,1-4H3,(H,19,20). The van der Waals surface area contributed by atoms with E-state index in [0.29, 0.717) is 0 Å². The van der Waals surface area contributed by atoms with Gasteiger partial charge < -0.3 is 5.11 Å². The van der Waals surface area contributed by atoms with Crippen LogP contribution in [0.5, 0.6) is 0 Å². The molecule has 0 aromatic carbocycles. The zero-order valence-electron chi connectivity index (χ0n) is 12.8. The van der Waals surface area contributed by atoms with Crippen molar-refractivity contribution in [3.63, 3.8) is 0 Å². The molecular formula is C14H24N4O2. The molecule has 20 heavy (non-hydrogen) atoms. The summed E-state index contributed by atoms with van der Waals surface area (Å²) in [5, 5.41) is 21.3. The minimum absolute atomic E-state index is 0.0223. The summed E-state index contributed by atoms with van der Waals surface area (Å²) in [6.07, 6.45) is 4.54. The predicted octanol–water partition coefficient (Wildman–Crippen LogP) is 2.57. The number of rotatable bonds is 4. The van der Waals surface area contributed by atoms with Crippen molar-refractivity contribution in [2.45, 2.75) is 71.3 Å². The van der Waals surface area contributed by atoms with Crippen molar-refractivity contribution >= 4 is 5.97 Å². The van der Waals surface area contributed by atoms with Gasteiger partial charge in [-0.3, -0.25) is 4.79 Å². The van der Waals surface area contributed by atoms with E-state index in [1.165, 1.54) is 12.8 Å². The molecule has 6 nitrogen and oxygen atoms in total. The molecule has 1 aromatic rings. The van der Waals surface area contributed by atoms with Crippen molar-refractivity contribution < 1.29 is 9.90 Å². The minimum Gasteiger partial charge on any atom is -0.481 e. The lowest BCUT2D eigenvalue weighted by molar-refractivity contribution is -0.139. The Hall–Kier alpha value is -1.46. The number of nitrogens with zero attached hydrogens (tertiary/aromatic N) is 4. The van der Waals surface area contributed by atoms with Gasteiger partial charge in [-0.25, -0.2) is 4.68 Å². The first-order chi connectivity index (χ1) is 9.24. The molecule has 1 aliphatic rings. The highest BCUT2D eigenvalue weighted by molar-refractivity contribution is 5.67. The summed E-state index contributed by atoms with van der Waals surface area (Å²) in [6, 6.07) is -0.234. The number of aromatic nitrogens is 4. The minimum atomic E-state index is -0.817. The summed E-state index contributed by atoms with van der Waals surface area (Å²) >= 11 is 0. The van der Waals surface area contributed by atoms with Crippen LogP contribution in [-0.2, 0) is 10.2 Å². The molecule has 6 heteroatoms. The molecule has 112 valence electrons. The van der Waals surface area contributed by atoms with Gasteiger partial charge in [0.1, 0.15) is 0 Å². The molecule has 0 bridgehead atoms. The molecule has 1 heterocycles. The fourth-order valence-corrected chi connectivity index (χ4v) is 3.10. The SMILES string of the molecule is CC1(c2nnnn2C(CC(=O)O)C(C)(C)C)CCCC1. The van der Waals surface area contributed by atoms with Crippen LogP contribution in [0, 0.1) is 5.41 Å². The third kappa shape index (κ3) is 2.83. The Bertz CT molecular complexity index is 484. The van der Waals surface area contributed by atoms with E-state index < -0.39 is 5.97 Å². The van der Waals surface area contributed by atoms with Crippen LogP contribution >= 0.6 is 0 Å². The number of carboxylic acid groups (broad SMARTS) is 1. The molecule has 1 aliphatic carbocycles. The molecule has 0 radical (unpaired) electrons. The van der Waals surface area contributed by atoms with Gasteiger partial charge in [-0.2, -0.15) is 0 Å². The van der Waals surface area contributed by atoms with Crippen LogP contribution in [0.15, 0.2) is 0 Å². The highest BCUT2D eigenvalue weighted by Gasteiger charge is 2.40. The third-order valence-electron chi connectivity index (χ3n) is 4.40. The van der Waals surface area contributed by atoms with Gasteiger partial charge >= 0.3 is 5.97 Å². The lowest BCUT2D eigenvalue weighted by atomic mass is 9.83. The summed E-state index contributed by atoms with van der Waals surface area (Å²) < 4.78 is 1.76. The van der Waals surface area contributed by atoms with E-state index in [4.69, 9.17) is 0 Å². The molecule has 0 amide bonds. The van der Waals surface area contributed by atoms with Gasteiger partial charge in [0, 0.05) is 5.41 Å². The van der Waals surface area contributed by atoms with Gasteiger partial charge in [-0.1, -0.05) is 40.5 Å². The van der Waals surface area contributed by atoms with Crippen molar-refractivity contribution in [1.82, 2.24) is 20.2 Å². The molecule has 1 aromatic heterocycles. The van der Waals surface area contributed by atoms with Crippen LogP contribution in [-0.4, -0.2) is 31.3 Å². The van der Waals surface area contributed by atoms with E-state index in [-0.39, 0.29) is 23.3 Å². The smallest absolute Gasteiger partial charge is 0.305 e. The van der Waals surface area contributed by atoms with Crippen LogP contribution in [0.2, 0.25) is 0 Å². The number of hydrogen-bond acceptors (Lipinski definition) is 4. The van der Waals surface area contributed by atoms with E-state index in [0.717, 1.165) is 18.7 Å². The fraction of sp³-hybridized carbons (Fsp3) is 0.857. The van der Waals surface area contributed by atoms with Crippen molar-refractivity contribution in [2.75, 3.05) is 0 Å². The van der Waals surface area contributed by atoms with Gasteiger partial charge in [-0.05, 0) is 28.7 Å². The lowest BCUT2D eigenvalue weighted by Gasteiger charge is -2.32. The lowest BCUT2D eigenvalue weighted by Crippen LogP contribution is -2.33. The van der Waals surface area contributed by atoms with Crippen molar-refractivity contribution in [2.24, 2.45) is 5.41 Å². The van der Waals surface area contributed by atoms with Crippen LogP contribution in [0.1, 0.15) is 71.7 Å². The highest BCUT2D eigenvalue weighted by atomic mass is 16.4. The van der Waals surface area contributed by atoms with Crippen LogP contribution in [0.3, 0.4) is 0 Å². The van der Waals surface area contributed by atoms with Crippen molar-refractivity contribution in [1.29, 1.82) is 0 Å². The zero-order valence-corrected chi connectivity index (χ0v) is 12.8. The molecule has 1 saturated carbocycles. The normalized spacial score (nSPS) is 20.0. The average molecular weight is 280 g/mol. The summed E-state index contributed by atoms with van der Waals surface area (Å²) in [4.78, 5) is 11.2. The summed E-state index contributed by atoms with van der Waals surface area (Å²) in [6.45, 7) is 8.28. The topological polar surface area (TPSA) is 80.9 Å². The van der Waals surface area contributed by atoms with Crippen LogP contribution in [0.25, 0.3) is 0 Å². The molecular weight excluding hydrogens is 256 g/mol. The largest absolute Gasteiger partial charge is 0.481 e. The van der Waals surface area contributed by atoms with Crippen LogP contribution in [0.4, 0.5) is 0 Å². The van der Waals surface area contributed by atoms with Crippen molar-refractivity contribution in [3.8, 4) is 0 Å². The van der Waals surface area contributed by atoms with E-state index in [1.807, 2.05) is 20.8 Å². The van der Waals surface area contributed by atoms with Gasteiger partial charge in [0.2, 0.25) is 0 Å². The summed E-state index contributed by atoms with van der Waals surface area (Å²) in [7, 11) is 0. The molecule has 1 atom stereocenters. The Balaban J connectivity index is 2.40. The Morgan fingerprint density at radius 3 is 2.50 bits per heavy atom. The monoisotopic (exact) mass is 280 g/mol. The number of tetrazole rings is 1. The summed E-state index contributed by atoms with van der Waals surface area (Å²) in [5.41, 5.74) is -0.233. The number of carbonyl (C=O) groups is 1. The fourth-order valence-electron chi connectivity index (χ4n) is 3.10. The predicted molar refractivity (Wildman–Crippen MR) is 74.4 cm³/mol. The molecule has 1 fully saturated rings. The first-order valence-corrected chi connectivity index (χ1v) is 7.24. The van der Waals surface area contributed by atoms with E-state index >= 15 is 0 Å². The highest BCUT2D eigenvalue weighted by Crippen LogP contribution is 2.42. The number of carboxylic acids is 1. The molecule has 0 spiro atoms. The maximum atomic E-state index is 11.2. The van der Waals surface area contributed by atoms with Crippen molar-refractivity contribution in [3.05, 3.63) is 5.82 Å². The van der Waals surface area contributed by atoms with Gasteiger partial charge in [-0.15, -0.1) is 5.10 Å². The molecule has 1 unspecified atom stereocenters. The zero-order chi connectivity index (χ0) is 15.0. The average Bonchev–Trinajstić information content (AvgIpc) is 2.93. The van der Waals surface area contributed by atoms with Gasteiger partial charge in [0.05, 0.1) is 12.5 Å². The second kappa shape index (κ2) is 5.14. The molecule has 0 aliphatic heterocycles. The maximum Gasteiger partial charge on any atom is 0.305 e. The molecule has 1 N–H and O–H groups in total. The van der Waals surface area contributed by atoms with Crippen LogP contribution < -0.4 is 0 Å². The first kappa shape index (κ1) is 14.9. The Labute approximate surface area is 119 Å². The van der Waals surface area contributed by atoms with Gasteiger partial charge in [0.15, 0.2) is 5.82 Å². The number of aliphatic carboxylic acids is 1. The second-order valence-corrected chi connectivity index (χ2v) is 7.19. The molecule has 0 saturated heterocycles. The van der Waals surface area contributed by atoms with E-state index in [2.05, 4.69) is 22.4 Å². The number of hydrogen-bond donors (Lipinski definition) is 1. The Kier molecular flexibility index (Phi) is 3.84. The third-order valence-corrected chi connectivity index (χ3v) is 4.40. The Morgan fingerprint density at radius 2 is 2.00 bits per heavy atom. The van der Waals surface area contributed by atoms with E-state index in [9.17, 15) is 9.90 Å². The maximum absolute atomic E-state index is 11.2. The quantitative estimate of drug-likeness (QED) is 0.916. The van der Waals surface area contributed by atoms with E-state index in [1.54, 1.807) is 4.68 Å². The first-order valence-electron chi connectivity index (χ1n) is 7.24. The summed E-state index contributed by atoms with van der Waals surface area (Å²) in [5.74, 6) is 0.0270. The second-order valence-electron chi connectivity index (χ2n) is 7.19. The molecule has 2 rings (SSSR count).